The van der Waals surface area contributed by atoms with Gasteiger partial charge in [-0.25, -0.2) is 9.50 Å². The predicted molar refractivity (Wildman–Crippen MR) is 59.6 cm³/mol. The fourth-order valence-electron chi connectivity index (χ4n) is 1.61. The lowest BCUT2D eigenvalue weighted by molar-refractivity contribution is 0.111. The molecular weight excluding hydrogens is 210 g/mol. The molecule has 0 N–H and O–H groups in total. The van der Waals surface area contributed by atoms with Gasteiger partial charge < -0.3 is 0 Å². The van der Waals surface area contributed by atoms with Crippen LogP contribution in [0.4, 0.5) is 0 Å². The van der Waals surface area contributed by atoms with Gasteiger partial charge in [-0.3, -0.25) is 4.79 Å². The first kappa shape index (κ1) is 10.3. The van der Waals surface area contributed by atoms with Crippen molar-refractivity contribution in [3.05, 3.63) is 16.9 Å². The van der Waals surface area contributed by atoms with E-state index in [1.54, 1.807) is 22.0 Å². The monoisotopic (exact) mass is 223 g/mol. The Kier molecular flexibility index (Phi) is 2.81. The zero-order chi connectivity index (χ0) is 10.8. The van der Waals surface area contributed by atoms with Gasteiger partial charge in [0.2, 0.25) is 4.96 Å². The van der Waals surface area contributed by atoms with Gasteiger partial charge in [-0.05, 0) is 12.8 Å². The smallest absolute Gasteiger partial charge is 0.212 e. The first-order valence-electron chi connectivity index (χ1n) is 5.09. The molecule has 0 atom stereocenters. The first-order chi connectivity index (χ1) is 7.30. The van der Waals surface area contributed by atoms with E-state index in [0.29, 0.717) is 11.6 Å². The maximum atomic E-state index is 10.7. The highest BCUT2D eigenvalue weighted by Crippen LogP contribution is 2.27. The van der Waals surface area contributed by atoms with Crippen LogP contribution in [-0.2, 0) is 0 Å². The Morgan fingerprint density at radius 2 is 2.27 bits per heavy atom. The normalized spacial score (nSPS) is 11.4. The molecule has 0 saturated carbocycles. The van der Waals surface area contributed by atoms with Crippen LogP contribution in [0.2, 0.25) is 0 Å². The standard InChI is InChI=1S/C10H13N3OS/c1-3-7(4-2)9-12-13-8(6-14)5-11-10(13)15-9/h5-7H,3-4H2,1-2H3. The highest BCUT2D eigenvalue weighted by Gasteiger charge is 2.15. The predicted octanol–water partition coefficient (Wildman–Crippen LogP) is 2.51. The average molecular weight is 223 g/mol. The fourth-order valence-corrected chi connectivity index (χ4v) is 2.75. The third-order valence-electron chi connectivity index (χ3n) is 2.58. The van der Waals surface area contributed by atoms with Crippen molar-refractivity contribution in [3.8, 4) is 0 Å². The number of rotatable bonds is 4. The molecule has 0 aliphatic rings. The number of nitrogens with zero attached hydrogens (tertiary/aromatic N) is 3. The van der Waals surface area contributed by atoms with Crippen LogP contribution in [0.3, 0.4) is 0 Å². The number of hydrogen-bond acceptors (Lipinski definition) is 4. The fraction of sp³-hybridized carbons (Fsp3) is 0.500. The average Bonchev–Trinajstić information content (AvgIpc) is 2.79. The SMILES string of the molecule is CCC(CC)c1nn2c(C=O)cnc2s1. The van der Waals surface area contributed by atoms with Gasteiger partial charge in [-0.2, -0.15) is 5.10 Å². The number of carbonyl (C=O) groups excluding carboxylic acids is 1. The topological polar surface area (TPSA) is 47.3 Å². The molecule has 0 aliphatic heterocycles. The third-order valence-corrected chi connectivity index (χ3v) is 3.67. The van der Waals surface area contributed by atoms with Crippen molar-refractivity contribution in [3.63, 3.8) is 0 Å². The van der Waals surface area contributed by atoms with Gasteiger partial charge >= 0.3 is 0 Å². The molecule has 2 heterocycles. The Morgan fingerprint density at radius 1 is 1.53 bits per heavy atom. The zero-order valence-electron chi connectivity index (χ0n) is 8.80. The maximum Gasteiger partial charge on any atom is 0.212 e. The van der Waals surface area contributed by atoms with Crippen molar-refractivity contribution < 1.29 is 4.79 Å². The van der Waals surface area contributed by atoms with E-state index in [2.05, 4.69) is 23.9 Å². The summed E-state index contributed by atoms with van der Waals surface area (Å²) in [6.07, 6.45) is 4.49. The van der Waals surface area contributed by atoms with Gasteiger partial charge in [-0.1, -0.05) is 25.2 Å². The van der Waals surface area contributed by atoms with Crippen molar-refractivity contribution in [1.29, 1.82) is 0 Å². The number of fused-ring (bicyclic) bond motifs is 1. The summed E-state index contributed by atoms with van der Waals surface area (Å²) in [5, 5.41) is 5.50. The van der Waals surface area contributed by atoms with Crippen LogP contribution in [0.5, 0.6) is 0 Å². The van der Waals surface area contributed by atoms with Gasteiger partial charge in [0.05, 0.1) is 6.20 Å². The van der Waals surface area contributed by atoms with E-state index in [1.165, 1.54) is 0 Å². The molecule has 0 bridgehead atoms. The second-order valence-corrected chi connectivity index (χ2v) is 4.44. The molecule has 2 aromatic rings. The summed E-state index contributed by atoms with van der Waals surface area (Å²) in [4.78, 5) is 15.7. The second-order valence-electron chi connectivity index (χ2n) is 3.45. The Labute approximate surface area is 91.9 Å². The lowest BCUT2D eigenvalue weighted by atomic mass is 10.1. The van der Waals surface area contributed by atoms with Crippen LogP contribution < -0.4 is 0 Å². The van der Waals surface area contributed by atoms with Gasteiger partial charge in [0.25, 0.3) is 0 Å². The highest BCUT2D eigenvalue weighted by molar-refractivity contribution is 7.16. The zero-order valence-corrected chi connectivity index (χ0v) is 9.62. The molecule has 0 spiro atoms. The molecule has 0 aromatic carbocycles. The molecule has 2 rings (SSSR count). The van der Waals surface area contributed by atoms with E-state index < -0.39 is 0 Å². The van der Waals surface area contributed by atoms with Crippen LogP contribution in [-0.4, -0.2) is 20.9 Å². The van der Waals surface area contributed by atoms with Crippen LogP contribution in [0.25, 0.3) is 4.96 Å². The van der Waals surface area contributed by atoms with Crippen molar-refractivity contribution in [2.75, 3.05) is 0 Å². The molecule has 80 valence electrons. The van der Waals surface area contributed by atoms with Crippen molar-refractivity contribution in [1.82, 2.24) is 14.6 Å². The molecule has 0 aliphatic carbocycles. The van der Waals surface area contributed by atoms with Crippen molar-refractivity contribution >= 4 is 22.6 Å². The quantitative estimate of drug-likeness (QED) is 0.748. The van der Waals surface area contributed by atoms with E-state index >= 15 is 0 Å². The molecular formula is C10H13N3OS. The lowest BCUT2D eigenvalue weighted by Crippen LogP contribution is -1.97. The van der Waals surface area contributed by atoms with E-state index in [1.807, 2.05) is 0 Å². The molecule has 2 aromatic heterocycles. The first-order valence-corrected chi connectivity index (χ1v) is 5.91. The molecule has 0 unspecified atom stereocenters. The van der Waals surface area contributed by atoms with E-state index in [0.717, 1.165) is 29.1 Å². The highest BCUT2D eigenvalue weighted by atomic mass is 32.1. The molecule has 0 saturated heterocycles. The number of aldehydes is 1. The second kappa shape index (κ2) is 4.10. The summed E-state index contributed by atoms with van der Waals surface area (Å²) >= 11 is 1.57. The summed E-state index contributed by atoms with van der Waals surface area (Å²) in [5.74, 6) is 0.483. The minimum Gasteiger partial charge on any atom is -0.296 e. The molecule has 5 heteroatoms. The summed E-state index contributed by atoms with van der Waals surface area (Å²) < 4.78 is 1.63. The Bertz CT molecular complexity index is 470. The minimum absolute atomic E-state index is 0.483. The number of carbonyl (C=O) groups is 1. The Morgan fingerprint density at radius 3 is 2.87 bits per heavy atom. The van der Waals surface area contributed by atoms with Crippen molar-refractivity contribution in [2.45, 2.75) is 32.6 Å². The summed E-state index contributed by atoms with van der Waals surface area (Å²) in [5.41, 5.74) is 0.526. The Balaban J connectivity index is 2.46. The minimum atomic E-state index is 0.483. The van der Waals surface area contributed by atoms with Gasteiger partial charge in [-0.15, -0.1) is 0 Å². The molecule has 0 fully saturated rings. The lowest BCUT2D eigenvalue weighted by Gasteiger charge is -2.05. The van der Waals surface area contributed by atoms with Gasteiger partial charge in [0.15, 0.2) is 6.29 Å². The van der Waals surface area contributed by atoms with Gasteiger partial charge in [0.1, 0.15) is 10.7 Å². The molecule has 0 radical (unpaired) electrons. The van der Waals surface area contributed by atoms with Crippen LogP contribution in [0.15, 0.2) is 6.20 Å². The molecule has 15 heavy (non-hydrogen) atoms. The maximum absolute atomic E-state index is 10.7. The Hall–Kier alpha value is -1.23. The molecule has 0 amide bonds. The van der Waals surface area contributed by atoms with Crippen LogP contribution >= 0.6 is 11.3 Å². The number of imidazole rings is 1. The van der Waals surface area contributed by atoms with E-state index in [9.17, 15) is 4.79 Å². The van der Waals surface area contributed by atoms with E-state index in [4.69, 9.17) is 0 Å². The van der Waals surface area contributed by atoms with Crippen LogP contribution in [0, 0.1) is 0 Å². The number of hydrogen-bond donors (Lipinski definition) is 0. The number of aromatic nitrogens is 3. The van der Waals surface area contributed by atoms with Crippen molar-refractivity contribution in [2.24, 2.45) is 0 Å². The van der Waals surface area contributed by atoms with Crippen LogP contribution in [0.1, 0.15) is 48.1 Å². The van der Waals surface area contributed by atoms with Gasteiger partial charge in [0, 0.05) is 5.92 Å². The summed E-state index contributed by atoms with van der Waals surface area (Å²) in [7, 11) is 0. The molecule has 4 nitrogen and oxygen atoms in total. The largest absolute Gasteiger partial charge is 0.296 e. The summed E-state index contributed by atoms with van der Waals surface area (Å²) in [6, 6.07) is 0. The third kappa shape index (κ3) is 1.67. The summed E-state index contributed by atoms with van der Waals surface area (Å²) in [6.45, 7) is 4.30. The van der Waals surface area contributed by atoms with E-state index in [-0.39, 0.29) is 0 Å².